The third-order valence-corrected chi connectivity index (χ3v) is 4.70. The number of carbonyl (C=O) groups excluding carboxylic acids is 1. The summed E-state index contributed by atoms with van der Waals surface area (Å²) >= 11 is 23.1. The second kappa shape index (κ2) is 10.7. The van der Waals surface area contributed by atoms with Gasteiger partial charge in [0.05, 0.1) is 19.1 Å². The average Bonchev–Trinajstić information content (AvgIpc) is 2.67. The average molecular weight is 491 g/mol. The van der Waals surface area contributed by atoms with E-state index in [0.29, 0.717) is 11.4 Å². The number of alkyl halides is 3. The summed E-state index contributed by atoms with van der Waals surface area (Å²) in [6.45, 7) is 0. The fourth-order valence-electron chi connectivity index (χ4n) is 2.33. The number of carboxylic acids is 1. The number of hydrogen-bond acceptors (Lipinski definition) is 4. The zero-order chi connectivity index (χ0) is 22.3. The molecule has 0 aliphatic rings. The zero-order valence-corrected chi connectivity index (χ0v) is 18.7. The van der Waals surface area contributed by atoms with Gasteiger partial charge in [-0.3, -0.25) is 4.79 Å². The van der Waals surface area contributed by atoms with Gasteiger partial charge in [0.1, 0.15) is 11.9 Å². The third-order valence-electron chi connectivity index (χ3n) is 3.82. The van der Waals surface area contributed by atoms with E-state index in [9.17, 15) is 9.59 Å². The molecule has 2 aromatic carbocycles. The van der Waals surface area contributed by atoms with Crippen molar-refractivity contribution in [2.45, 2.75) is 16.4 Å². The minimum atomic E-state index is -1.89. The summed E-state index contributed by atoms with van der Waals surface area (Å²) in [5.74, 6) is -0.761. The van der Waals surface area contributed by atoms with Gasteiger partial charge in [-0.1, -0.05) is 46.9 Å². The maximum Gasteiger partial charge on any atom is 0.335 e. The predicted molar refractivity (Wildman–Crippen MR) is 122 cm³/mol. The van der Waals surface area contributed by atoms with Gasteiger partial charge in [0, 0.05) is 5.69 Å². The van der Waals surface area contributed by atoms with Crippen LogP contribution in [0.1, 0.15) is 15.9 Å². The van der Waals surface area contributed by atoms with Crippen molar-refractivity contribution in [2.24, 2.45) is 0 Å². The van der Waals surface area contributed by atoms with E-state index in [4.69, 9.17) is 56.9 Å². The molecular weight excluding hydrogens is 473 g/mol. The summed E-state index contributed by atoms with van der Waals surface area (Å²) in [6, 6.07) is 12.9. The van der Waals surface area contributed by atoms with Gasteiger partial charge in [-0.25, -0.2) is 4.79 Å². The number of anilines is 1. The molecule has 0 aliphatic carbocycles. The highest BCUT2D eigenvalue weighted by molar-refractivity contribution is 7.80. The summed E-state index contributed by atoms with van der Waals surface area (Å²) in [7, 11) is 1.55. The standard InChI is InChI=1S/C19H18Cl3N3O4S/c1-29-14-8-2-11(3-9-14)10-15(26)24-17(19(20,21)22)25-18(30)23-13-6-4-12(5-7-13)16(27)28/h2-9,17H,10H2,1H3,(H,24,26)(H,27,28)(H2,23,25,30). The summed E-state index contributed by atoms with van der Waals surface area (Å²) in [5.41, 5.74) is 1.39. The minimum absolute atomic E-state index is 0.0553. The second-order valence-electron chi connectivity index (χ2n) is 6.05. The fraction of sp³-hybridized carbons (Fsp3) is 0.211. The van der Waals surface area contributed by atoms with Crippen molar-refractivity contribution < 1.29 is 19.4 Å². The molecule has 1 unspecified atom stereocenters. The van der Waals surface area contributed by atoms with E-state index in [-0.39, 0.29) is 17.1 Å². The number of rotatable bonds is 7. The Morgan fingerprint density at radius 2 is 1.67 bits per heavy atom. The summed E-state index contributed by atoms with van der Waals surface area (Å²) in [5, 5.41) is 17.2. The second-order valence-corrected chi connectivity index (χ2v) is 8.83. The number of amides is 1. The van der Waals surface area contributed by atoms with E-state index in [1.807, 2.05) is 0 Å². The number of nitrogens with one attached hydrogen (secondary N) is 3. The number of benzene rings is 2. The predicted octanol–water partition coefficient (Wildman–Crippen LogP) is 3.74. The maximum atomic E-state index is 12.4. The molecule has 0 heterocycles. The number of thiocarbonyl (C=S) groups is 1. The van der Waals surface area contributed by atoms with E-state index in [1.165, 1.54) is 24.3 Å². The van der Waals surface area contributed by atoms with Gasteiger partial charge in [-0.15, -0.1) is 0 Å². The van der Waals surface area contributed by atoms with Gasteiger partial charge < -0.3 is 25.8 Å². The van der Waals surface area contributed by atoms with Gasteiger partial charge in [-0.05, 0) is 54.2 Å². The number of hydrogen-bond donors (Lipinski definition) is 4. The van der Waals surface area contributed by atoms with Crippen molar-refractivity contribution in [1.29, 1.82) is 0 Å². The topological polar surface area (TPSA) is 99.7 Å². The lowest BCUT2D eigenvalue weighted by Gasteiger charge is -2.27. The van der Waals surface area contributed by atoms with Gasteiger partial charge in [0.2, 0.25) is 9.70 Å². The number of halogens is 3. The lowest BCUT2D eigenvalue weighted by atomic mass is 10.1. The van der Waals surface area contributed by atoms with E-state index >= 15 is 0 Å². The van der Waals surface area contributed by atoms with Gasteiger partial charge in [0.15, 0.2) is 5.11 Å². The monoisotopic (exact) mass is 489 g/mol. The van der Waals surface area contributed by atoms with E-state index < -0.39 is 21.8 Å². The Morgan fingerprint density at radius 3 is 2.17 bits per heavy atom. The third kappa shape index (κ3) is 7.53. The highest BCUT2D eigenvalue weighted by Crippen LogP contribution is 2.29. The first kappa shape index (κ1) is 24.0. The van der Waals surface area contributed by atoms with Gasteiger partial charge in [0.25, 0.3) is 0 Å². The van der Waals surface area contributed by atoms with Crippen molar-refractivity contribution in [3.8, 4) is 5.75 Å². The van der Waals surface area contributed by atoms with Crippen LogP contribution in [0.4, 0.5) is 5.69 Å². The van der Waals surface area contributed by atoms with Crippen LogP contribution in [0.5, 0.6) is 5.75 Å². The molecule has 0 saturated carbocycles. The van der Waals surface area contributed by atoms with Gasteiger partial charge >= 0.3 is 5.97 Å². The lowest BCUT2D eigenvalue weighted by molar-refractivity contribution is -0.121. The van der Waals surface area contributed by atoms with Crippen LogP contribution >= 0.6 is 47.0 Å². The van der Waals surface area contributed by atoms with E-state index in [2.05, 4.69) is 16.0 Å². The maximum absolute atomic E-state index is 12.4. The van der Waals surface area contributed by atoms with Crippen LogP contribution in [0.15, 0.2) is 48.5 Å². The Balaban J connectivity index is 1.98. The zero-order valence-electron chi connectivity index (χ0n) is 15.6. The highest BCUT2D eigenvalue weighted by atomic mass is 35.6. The molecule has 1 amide bonds. The molecule has 0 spiro atoms. The first-order valence-electron chi connectivity index (χ1n) is 8.48. The number of methoxy groups -OCH3 is 1. The molecule has 160 valence electrons. The SMILES string of the molecule is COc1ccc(CC(=O)NC(NC(=S)Nc2ccc(C(=O)O)cc2)C(Cl)(Cl)Cl)cc1. The lowest BCUT2D eigenvalue weighted by Crippen LogP contribution is -2.56. The van der Waals surface area contributed by atoms with Crippen molar-refractivity contribution in [3.63, 3.8) is 0 Å². The first-order valence-corrected chi connectivity index (χ1v) is 10.0. The molecule has 0 radical (unpaired) electrons. The minimum Gasteiger partial charge on any atom is -0.497 e. The Hall–Kier alpha value is -2.26. The Morgan fingerprint density at radius 1 is 1.07 bits per heavy atom. The number of ether oxygens (including phenoxy) is 1. The van der Waals surface area contributed by atoms with Gasteiger partial charge in [-0.2, -0.15) is 0 Å². The highest BCUT2D eigenvalue weighted by Gasteiger charge is 2.34. The normalized spacial score (nSPS) is 11.9. The quantitative estimate of drug-likeness (QED) is 0.267. The molecule has 4 N–H and O–H groups in total. The van der Waals surface area contributed by atoms with Crippen molar-refractivity contribution in [2.75, 3.05) is 12.4 Å². The molecule has 7 nitrogen and oxygen atoms in total. The largest absolute Gasteiger partial charge is 0.497 e. The molecule has 0 aromatic heterocycles. The number of aromatic carboxylic acids is 1. The summed E-state index contributed by atoms with van der Waals surface area (Å²) < 4.78 is 3.19. The van der Waals surface area contributed by atoms with Crippen LogP contribution in [-0.4, -0.2) is 39.2 Å². The molecule has 0 fully saturated rings. The smallest absolute Gasteiger partial charge is 0.335 e. The first-order chi connectivity index (χ1) is 14.1. The molecule has 30 heavy (non-hydrogen) atoms. The molecule has 0 saturated heterocycles. The number of carbonyl (C=O) groups is 2. The molecule has 2 aromatic rings. The summed E-state index contributed by atoms with van der Waals surface area (Å²) in [4.78, 5) is 23.3. The van der Waals surface area contributed by atoms with Crippen LogP contribution in [0.3, 0.4) is 0 Å². The molecule has 11 heteroatoms. The molecule has 0 aliphatic heterocycles. The van der Waals surface area contributed by atoms with Crippen LogP contribution < -0.4 is 20.7 Å². The van der Waals surface area contributed by atoms with Crippen molar-refractivity contribution in [3.05, 3.63) is 59.7 Å². The fourth-order valence-corrected chi connectivity index (χ4v) is 2.90. The molecular formula is C19H18Cl3N3O4S. The Kier molecular flexibility index (Phi) is 8.54. The molecule has 0 bridgehead atoms. The van der Waals surface area contributed by atoms with Crippen molar-refractivity contribution in [1.82, 2.24) is 10.6 Å². The van der Waals surface area contributed by atoms with Crippen LogP contribution in [-0.2, 0) is 11.2 Å². The van der Waals surface area contributed by atoms with Crippen molar-refractivity contribution >= 4 is 69.7 Å². The van der Waals surface area contributed by atoms with Crippen LogP contribution in [0, 0.1) is 0 Å². The van der Waals surface area contributed by atoms with E-state index in [0.717, 1.165) is 5.56 Å². The number of carboxylic acid groups (broad SMARTS) is 1. The molecule has 2 rings (SSSR count). The van der Waals surface area contributed by atoms with Crippen LogP contribution in [0.25, 0.3) is 0 Å². The van der Waals surface area contributed by atoms with E-state index in [1.54, 1.807) is 31.4 Å². The summed E-state index contributed by atoms with van der Waals surface area (Å²) in [6.07, 6.45) is -1.06. The Bertz CT molecular complexity index is 903. The molecule has 1 atom stereocenters. The Labute approximate surface area is 193 Å². The van der Waals surface area contributed by atoms with Crippen LogP contribution in [0.2, 0.25) is 0 Å².